The molecule has 2 aliphatic carbocycles. The third-order valence-corrected chi connectivity index (χ3v) is 18.2. The summed E-state index contributed by atoms with van der Waals surface area (Å²) in [4.78, 5) is 0. The molecule has 0 saturated heterocycles. The molecule has 4 aromatic carbocycles. The molecule has 0 atom stereocenters. The SMILES string of the molecule is C1=C[CH]([Hf](=[C](c2ccccc2)c2ccccc2)[c]2cccc3c2Cc2ccccc2-3)C=C1. The van der Waals surface area contributed by atoms with Crippen LogP contribution in [-0.2, 0) is 27.4 Å². The van der Waals surface area contributed by atoms with Gasteiger partial charge in [0.2, 0.25) is 0 Å². The van der Waals surface area contributed by atoms with Gasteiger partial charge < -0.3 is 0 Å². The van der Waals surface area contributed by atoms with Gasteiger partial charge in [-0.25, -0.2) is 0 Å². The Labute approximate surface area is 197 Å². The van der Waals surface area contributed by atoms with Gasteiger partial charge in [0.25, 0.3) is 0 Å². The molecule has 2 aliphatic rings. The summed E-state index contributed by atoms with van der Waals surface area (Å²) in [6.45, 7) is 0. The molecule has 0 aliphatic heterocycles. The van der Waals surface area contributed by atoms with Crippen LogP contribution in [0.15, 0.2) is 127 Å². The van der Waals surface area contributed by atoms with E-state index in [0.29, 0.717) is 3.67 Å². The zero-order valence-corrected chi connectivity index (χ0v) is 21.5. The van der Waals surface area contributed by atoms with E-state index in [-0.39, 0.29) is 0 Å². The molecule has 0 amide bonds. The van der Waals surface area contributed by atoms with Crippen molar-refractivity contribution in [2.75, 3.05) is 0 Å². The molecule has 0 aromatic heterocycles. The van der Waals surface area contributed by atoms with Crippen LogP contribution < -0.4 is 3.32 Å². The van der Waals surface area contributed by atoms with Crippen molar-refractivity contribution >= 4 is 6.58 Å². The number of benzene rings is 4. The van der Waals surface area contributed by atoms with Crippen LogP contribution >= 0.6 is 0 Å². The summed E-state index contributed by atoms with van der Waals surface area (Å²) in [6.07, 6.45) is 10.5. The van der Waals surface area contributed by atoms with Gasteiger partial charge in [0, 0.05) is 0 Å². The van der Waals surface area contributed by atoms with Gasteiger partial charge in [-0.1, -0.05) is 0 Å². The van der Waals surface area contributed by atoms with Crippen molar-refractivity contribution in [2.45, 2.75) is 10.1 Å². The average molecular weight is 575 g/mol. The minimum absolute atomic E-state index is 0.547. The van der Waals surface area contributed by atoms with Crippen LogP contribution in [0.3, 0.4) is 0 Å². The van der Waals surface area contributed by atoms with E-state index >= 15 is 0 Å². The van der Waals surface area contributed by atoms with E-state index in [0.717, 1.165) is 6.42 Å². The summed E-state index contributed by atoms with van der Waals surface area (Å²) >= 11 is -2.66. The third-order valence-electron chi connectivity index (χ3n) is 6.62. The Hall–Kier alpha value is -2.90. The van der Waals surface area contributed by atoms with Crippen molar-refractivity contribution in [1.82, 2.24) is 0 Å². The summed E-state index contributed by atoms with van der Waals surface area (Å²) < 4.78 is 3.82. The van der Waals surface area contributed by atoms with Crippen molar-refractivity contribution in [1.29, 1.82) is 0 Å². The first kappa shape index (κ1) is 19.8. The Morgan fingerprint density at radius 3 is 1.88 bits per heavy atom. The normalized spacial score (nSPS) is 13.8. The predicted octanol–water partition coefficient (Wildman–Crippen LogP) is 6.68. The molecule has 0 saturated carbocycles. The van der Waals surface area contributed by atoms with Gasteiger partial charge >= 0.3 is 198 Å². The average Bonchev–Trinajstić information content (AvgIpc) is 3.52. The van der Waals surface area contributed by atoms with E-state index in [4.69, 9.17) is 0 Å². The Morgan fingerprint density at radius 2 is 1.19 bits per heavy atom. The summed E-state index contributed by atoms with van der Waals surface area (Å²) in [7, 11) is 0. The zero-order chi connectivity index (χ0) is 21.3. The Balaban J connectivity index is 1.68. The van der Waals surface area contributed by atoms with E-state index in [9.17, 15) is 0 Å². The monoisotopic (exact) mass is 576 g/mol. The first-order valence-corrected chi connectivity index (χ1v) is 17.0. The first-order valence-electron chi connectivity index (χ1n) is 11.3. The van der Waals surface area contributed by atoms with E-state index in [1.807, 2.05) is 0 Å². The Morgan fingerprint density at radius 1 is 0.594 bits per heavy atom. The molecule has 0 nitrogen and oxygen atoms in total. The molecule has 0 unspecified atom stereocenters. The summed E-state index contributed by atoms with van der Waals surface area (Å²) in [6, 6.07) is 38.3. The predicted molar refractivity (Wildman–Crippen MR) is 132 cm³/mol. The molecule has 0 bridgehead atoms. The molecular formula is C31H24Hf. The van der Waals surface area contributed by atoms with Crippen LogP contribution in [0.2, 0.25) is 3.67 Å². The van der Waals surface area contributed by atoms with E-state index in [2.05, 4.69) is 127 Å². The molecular weight excluding hydrogens is 551 g/mol. The van der Waals surface area contributed by atoms with Gasteiger partial charge in [-0.15, -0.1) is 0 Å². The molecule has 6 rings (SSSR count). The van der Waals surface area contributed by atoms with Crippen molar-refractivity contribution in [3.05, 3.63) is 150 Å². The van der Waals surface area contributed by atoms with Crippen molar-refractivity contribution in [2.24, 2.45) is 0 Å². The van der Waals surface area contributed by atoms with Gasteiger partial charge in [0.15, 0.2) is 0 Å². The second kappa shape index (κ2) is 8.56. The Kier molecular flexibility index (Phi) is 5.29. The summed E-state index contributed by atoms with van der Waals surface area (Å²) in [5.41, 5.74) is 8.71. The fourth-order valence-electron chi connectivity index (χ4n) is 5.20. The number of fused-ring (bicyclic) bond motifs is 3. The van der Waals surface area contributed by atoms with E-state index in [1.54, 1.807) is 12.1 Å². The maximum absolute atomic E-state index is 2.66. The first-order chi connectivity index (χ1) is 15.9. The second-order valence-electron chi connectivity index (χ2n) is 8.48. The third kappa shape index (κ3) is 3.45. The molecule has 32 heavy (non-hydrogen) atoms. The molecule has 0 radical (unpaired) electrons. The molecule has 1 heteroatoms. The van der Waals surface area contributed by atoms with Crippen LogP contribution in [0.1, 0.15) is 22.3 Å². The van der Waals surface area contributed by atoms with Crippen molar-refractivity contribution in [3.63, 3.8) is 0 Å². The van der Waals surface area contributed by atoms with Crippen molar-refractivity contribution < 1.29 is 21.0 Å². The number of allylic oxidation sites excluding steroid dienone is 4. The number of hydrogen-bond donors (Lipinski definition) is 0. The van der Waals surface area contributed by atoms with Crippen LogP contribution in [0.4, 0.5) is 0 Å². The van der Waals surface area contributed by atoms with Gasteiger partial charge in [-0.3, -0.25) is 0 Å². The minimum atomic E-state index is -2.66. The molecule has 0 N–H and O–H groups in total. The van der Waals surface area contributed by atoms with Crippen molar-refractivity contribution in [3.8, 4) is 11.1 Å². The van der Waals surface area contributed by atoms with Crippen LogP contribution in [0.5, 0.6) is 0 Å². The summed E-state index contributed by atoms with van der Waals surface area (Å²) in [5.74, 6) is 0. The summed E-state index contributed by atoms with van der Waals surface area (Å²) in [5, 5.41) is 0. The van der Waals surface area contributed by atoms with E-state index < -0.39 is 21.0 Å². The maximum atomic E-state index is 2.46. The molecule has 0 fully saturated rings. The van der Waals surface area contributed by atoms with Crippen LogP contribution in [0, 0.1) is 0 Å². The van der Waals surface area contributed by atoms with Gasteiger partial charge in [0.1, 0.15) is 0 Å². The van der Waals surface area contributed by atoms with Gasteiger partial charge in [-0.05, 0) is 0 Å². The van der Waals surface area contributed by atoms with Crippen LogP contribution in [0.25, 0.3) is 11.1 Å². The van der Waals surface area contributed by atoms with Crippen LogP contribution in [-0.4, -0.2) is 3.26 Å². The fourth-order valence-corrected chi connectivity index (χ4v) is 17.2. The van der Waals surface area contributed by atoms with E-state index in [1.165, 1.54) is 27.8 Å². The molecule has 4 aromatic rings. The number of rotatable bonds is 4. The quantitative estimate of drug-likeness (QED) is 0.210. The zero-order valence-electron chi connectivity index (χ0n) is 17.9. The second-order valence-corrected chi connectivity index (χ2v) is 17.6. The van der Waals surface area contributed by atoms with Gasteiger partial charge in [-0.2, -0.15) is 0 Å². The Bertz CT molecular complexity index is 1320. The fraction of sp³-hybridized carbons (Fsp3) is 0.0645. The molecule has 152 valence electrons. The molecule has 0 spiro atoms. The topological polar surface area (TPSA) is 0 Å². The molecule has 0 heterocycles. The van der Waals surface area contributed by atoms with Gasteiger partial charge in [0.05, 0.1) is 0 Å². The number of hydrogen-bond acceptors (Lipinski definition) is 0. The standard InChI is InChI=1S/C13H9.C13H10.C5H5.Hf/c1-3-7-12-10(5-1)9-11-6-2-4-8-13(11)12;1-3-7-12(8-4-1)11-13-9-5-2-6-10-13;1-2-4-5-3-1;/h1-5,7-8H,9H2;1-10H;1-5H;.